The minimum atomic E-state index is 0.644. The van der Waals surface area contributed by atoms with E-state index in [1.807, 2.05) is 30.5 Å². The van der Waals surface area contributed by atoms with Crippen LogP contribution < -0.4 is 5.32 Å². The van der Waals surface area contributed by atoms with Crippen molar-refractivity contribution in [1.82, 2.24) is 15.0 Å². The lowest BCUT2D eigenvalue weighted by molar-refractivity contribution is 1.03. The third-order valence-corrected chi connectivity index (χ3v) is 5.90. The fraction of sp³-hybridized carbons (Fsp3) is 0.167. The van der Waals surface area contributed by atoms with Crippen molar-refractivity contribution in [3.05, 3.63) is 58.0 Å². The fourth-order valence-electron chi connectivity index (χ4n) is 2.57. The fourth-order valence-corrected chi connectivity index (χ4v) is 4.26. The number of aromatic nitrogens is 3. The van der Waals surface area contributed by atoms with Crippen LogP contribution >= 0.6 is 22.7 Å². The Balaban J connectivity index is 1.79. The number of fused-ring (bicyclic) bond motifs is 1. The minimum Gasteiger partial charge on any atom is -0.364 e. The maximum atomic E-state index is 4.80. The smallest absolute Gasteiger partial charge is 0.173 e. The van der Waals surface area contributed by atoms with Crippen molar-refractivity contribution in [2.24, 2.45) is 0 Å². The Labute approximate surface area is 148 Å². The van der Waals surface area contributed by atoms with Gasteiger partial charge in [-0.25, -0.2) is 9.97 Å². The van der Waals surface area contributed by atoms with E-state index in [1.165, 1.54) is 10.4 Å². The zero-order valence-electron chi connectivity index (χ0n) is 13.4. The van der Waals surface area contributed by atoms with Crippen molar-refractivity contribution >= 4 is 38.7 Å². The van der Waals surface area contributed by atoms with Crippen LogP contribution in [0.4, 0.5) is 5.82 Å². The molecule has 0 bridgehead atoms. The van der Waals surface area contributed by atoms with E-state index < -0.39 is 0 Å². The zero-order valence-corrected chi connectivity index (χ0v) is 15.0. The van der Waals surface area contributed by atoms with Crippen molar-refractivity contribution in [3.63, 3.8) is 0 Å². The van der Waals surface area contributed by atoms with E-state index in [-0.39, 0.29) is 0 Å². The lowest BCUT2D eigenvalue weighted by Gasteiger charge is -2.09. The van der Waals surface area contributed by atoms with Gasteiger partial charge in [-0.05, 0) is 43.0 Å². The lowest BCUT2D eigenvalue weighted by atomic mass is 10.2. The molecule has 4 nitrogen and oxygen atoms in total. The molecule has 0 unspecified atom stereocenters. The lowest BCUT2D eigenvalue weighted by Crippen LogP contribution is -2.05. The van der Waals surface area contributed by atoms with E-state index in [2.05, 4.69) is 35.6 Å². The number of anilines is 1. The summed E-state index contributed by atoms with van der Waals surface area (Å²) >= 11 is 3.38. The van der Waals surface area contributed by atoms with Crippen molar-refractivity contribution in [2.75, 3.05) is 5.32 Å². The second kappa shape index (κ2) is 6.30. The van der Waals surface area contributed by atoms with E-state index in [9.17, 15) is 0 Å². The highest BCUT2D eigenvalue weighted by molar-refractivity contribution is 7.19. The molecule has 120 valence electrons. The van der Waals surface area contributed by atoms with Crippen molar-refractivity contribution in [1.29, 1.82) is 0 Å². The molecular weight excluding hydrogens is 336 g/mol. The molecule has 0 aromatic carbocycles. The second-order valence-electron chi connectivity index (χ2n) is 5.51. The quantitative estimate of drug-likeness (QED) is 0.559. The molecule has 4 heterocycles. The summed E-state index contributed by atoms with van der Waals surface area (Å²) < 4.78 is 0. The molecule has 6 heteroatoms. The van der Waals surface area contributed by atoms with Gasteiger partial charge >= 0.3 is 0 Å². The highest BCUT2D eigenvalue weighted by Gasteiger charge is 2.15. The molecule has 24 heavy (non-hydrogen) atoms. The summed E-state index contributed by atoms with van der Waals surface area (Å²) in [6.07, 6.45) is 1.81. The molecule has 0 spiro atoms. The summed E-state index contributed by atoms with van der Waals surface area (Å²) in [6, 6.07) is 10.0. The van der Waals surface area contributed by atoms with Gasteiger partial charge < -0.3 is 5.32 Å². The summed E-state index contributed by atoms with van der Waals surface area (Å²) in [7, 11) is 0. The highest BCUT2D eigenvalue weighted by atomic mass is 32.1. The maximum Gasteiger partial charge on any atom is 0.173 e. The van der Waals surface area contributed by atoms with Crippen LogP contribution in [0.2, 0.25) is 0 Å². The summed E-state index contributed by atoms with van der Waals surface area (Å²) in [5.41, 5.74) is 2.24. The van der Waals surface area contributed by atoms with E-state index in [4.69, 9.17) is 9.97 Å². The first-order valence-corrected chi connectivity index (χ1v) is 9.37. The number of pyridine rings is 1. The maximum absolute atomic E-state index is 4.80. The predicted molar refractivity (Wildman–Crippen MR) is 102 cm³/mol. The predicted octanol–water partition coefficient (Wildman–Crippen LogP) is 5.04. The molecule has 0 saturated carbocycles. The van der Waals surface area contributed by atoms with Crippen LogP contribution in [0.5, 0.6) is 0 Å². The van der Waals surface area contributed by atoms with Gasteiger partial charge in [-0.15, -0.1) is 22.7 Å². The summed E-state index contributed by atoms with van der Waals surface area (Å²) in [6.45, 7) is 4.91. The van der Waals surface area contributed by atoms with Gasteiger partial charge in [0.15, 0.2) is 5.82 Å². The van der Waals surface area contributed by atoms with Gasteiger partial charge in [-0.2, -0.15) is 0 Å². The van der Waals surface area contributed by atoms with E-state index in [0.717, 1.165) is 32.4 Å². The van der Waals surface area contributed by atoms with Gasteiger partial charge in [-0.1, -0.05) is 12.1 Å². The zero-order chi connectivity index (χ0) is 16.5. The standard InChI is InChI=1S/C18H16N4S2/c1-11-12(2)24-18-15(11)17(20-10-13-6-3-4-8-19-13)21-16(22-18)14-7-5-9-23-14/h3-9H,10H2,1-2H3,(H,20,21,22). The molecule has 4 aromatic heterocycles. The van der Waals surface area contributed by atoms with Crippen molar-refractivity contribution in [3.8, 4) is 10.7 Å². The van der Waals surface area contributed by atoms with Gasteiger partial charge in [-0.3, -0.25) is 4.98 Å². The van der Waals surface area contributed by atoms with Gasteiger partial charge in [0, 0.05) is 11.1 Å². The first-order chi connectivity index (χ1) is 11.7. The molecule has 0 aliphatic heterocycles. The summed E-state index contributed by atoms with van der Waals surface area (Å²) in [5, 5.41) is 6.63. The van der Waals surface area contributed by atoms with Crippen molar-refractivity contribution < 1.29 is 0 Å². The SMILES string of the molecule is Cc1sc2nc(-c3cccs3)nc(NCc3ccccn3)c2c1C. The van der Waals surface area contributed by atoms with Crippen LogP contribution in [0.1, 0.15) is 16.1 Å². The van der Waals surface area contributed by atoms with E-state index in [1.54, 1.807) is 22.7 Å². The molecule has 0 fully saturated rings. The van der Waals surface area contributed by atoms with Crippen molar-refractivity contribution in [2.45, 2.75) is 20.4 Å². The first kappa shape index (κ1) is 15.2. The molecule has 4 rings (SSSR count). The average Bonchev–Trinajstić information content (AvgIpc) is 3.23. The van der Waals surface area contributed by atoms with Gasteiger partial charge in [0.2, 0.25) is 0 Å². The normalized spacial score (nSPS) is 11.1. The molecule has 0 amide bonds. The van der Waals surface area contributed by atoms with Gasteiger partial charge in [0.05, 0.1) is 22.5 Å². The van der Waals surface area contributed by atoms with Crippen LogP contribution in [-0.4, -0.2) is 15.0 Å². The number of thiophene rings is 2. The van der Waals surface area contributed by atoms with Gasteiger partial charge in [0.1, 0.15) is 10.6 Å². The molecule has 1 N–H and O–H groups in total. The number of hydrogen-bond acceptors (Lipinski definition) is 6. The largest absolute Gasteiger partial charge is 0.364 e. The number of nitrogens with one attached hydrogen (secondary N) is 1. The molecule has 0 atom stereocenters. The summed E-state index contributed by atoms with van der Waals surface area (Å²) in [4.78, 5) is 17.3. The average molecular weight is 352 g/mol. The van der Waals surface area contributed by atoms with Crippen LogP contribution in [-0.2, 0) is 6.54 Å². The molecule has 0 aliphatic rings. The molecule has 0 radical (unpaired) electrons. The Morgan fingerprint density at radius 1 is 1.08 bits per heavy atom. The monoisotopic (exact) mass is 352 g/mol. The minimum absolute atomic E-state index is 0.644. The summed E-state index contributed by atoms with van der Waals surface area (Å²) in [5.74, 6) is 1.66. The number of aryl methyl sites for hydroxylation is 2. The van der Waals surface area contributed by atoms with E-state index in [0.29, 0.717) is 6.54 Å². The van der Waals surface area contributed by atoms with Crippen LogP contribution in [0.15, 0.2) is 41.9 Å². The Bertz CT molecular complexity index is 975. The molecule has 4 aromatic rings. The Morgan fingerprint density at radius 2 is 2.00 bits per heavy atom. The van der Waals surface area contributed by atoms with Crippen LogP contribution in [0.25, 0.3) is 20.9 Å². The third kappa shape index (κ3) is 2.79. The third-order valence-electron chi connectivity index (χ3n) is 3.93. The molecule has 0 aliphatic carbocycles. The van der Waals surface area contributed by atoms with Gasteiger partial charge in [0.25, 0.3) is 0 Å². The Hall–Kier alpha value is -2.31. The first-order valence-electron chi connectivity index (χ1n) is 7.68. The Morgan fingerprint density at radius 3 is 2.75 bits per heavy atom. The Kier molecular flexibility index (Phi) is 4.00. The topological polar surface area (TPSA) is 50.7 Å². The highest BCUT2D eigenvalue weighted by Crippen LogP contribution is 2.35. The molecular formula is C18H16N4S2. The van der Waals surface area contributed by atoms with Crippen LogP contribution in [0.3, 0.4) is 0 Å². The number of rotatable bonds is 4. The van der Waals surface area contributed by atoms with Crippen LogP contribution in [0, 0.1) is 13.8 Å². The number of hydrogen-bond donors (Lipinski definition) is 1. The second-order valence-corrected chi connectivity index (χ2v) is 7.66. The number of nitrogens with zero attached hydrogens (tertiary/aromatic N) is 3. The molecule has 0 saturated heterocycles. The van der Waals surface area contributed by atoms with E-state index >= 15 is 0 Å².